The molecule has 0 atom stereocenters. The molecule has 5 nitrogen and oxygen atoms in total. The molecule has 3 aromatic rings. The lowest BCUT2D eigenvalue weighted by atomic mass is 10.1. The van der Waals surface area contributed by atoms with Gasteiger partial charge in [-0.3, -0.25) is 9.67 Å². The Balaban J connectivity index is 1.56. The summed E-state index contributed by atoms with van der Waals surface area (Å²) >= 11 is 0. The quantitative estimate of drug-likeness (QED) is 0.704. The van der Waals surface area contributed by atoms with Crippen molar-refractivity contribution in [3.63, 3.8) is 0 Å². The highest BCUT2D eigenvalue weighted by molar-refractivity contribution is 5.77. The first-order valence-electron chi connectivity index (χ1n) is 9.04. The molecule has 0 N–H and O–H groups in total. The molecule has 7 heteroatoms. The number of halogens is 2. The van der Waals surface area contributed by atoms with Crippen molar-refractivity contribution in [2.45, 2.75) is 25.8 Å². The van der Waals surface area contributed by atoms with Crippen LogP contribution in [0.3, 0.4) is 0 Å². The van der Waals surface area contributed by atoms with Crippen molar-refractivity contribution in [3.8, 4) is 0 Å². The minimum Gasteiger partial charge on any atom is -0.306 e. The Hall–Kier alpha value is -2.67. The highest BCUT2D eigenvalue weighted by atomic mass is 19.2. The first-order chi connectivity index (χ1) is 13.0. The molecule has 2 aromatic heterocycles. The van der Waals surface area contributed by atoms with Crippen molar-refractivity contribution in [1.82, 2.24) is 24.6 Å². The van der Waals surface area contributed by atoms with E-state index in [4.69, 9.17) is 0 Å². The molecular weight excluding hydrogens is 348 g/mol. The minimum atomic E-state index is -0.923. The number of hydrogen-bond donors (Lipinski definition) is 0. The Bertz CT molecular complexity index is 1000. The van der Waals surface area contributed by atoms with Crippen LogP contribution in [0.4, 0.5) is 8.78 Å². The summed E-state index contributed by atoms with van der Waals surface area (Å²) in [5, 5.41) is 4.57. The smallest absolute Gasteiger partial charge is 0.161 e. The van der Waals surface area contributed by atoms with Crippen LogP contribution in [0, 0.1) is 18.6 Å². The molecule has 140 valence electrons. The molecular formula is C20H21F2N5. The van der Waals surface area contributed by atoms with Crippen LogP contribution in [-0.4, -0.2) is 44.8 Å². The minimum absolute atomic E-state index is 0.329. The molecule has 27 heavy (non-hydrogen) atoms. The first-order valence-corrected chi connectivity index (χ1v) is 9.04. The molecule has 1 saturated heterocycles. The third-order valence-corrected chi connectivity index (χ3v) is 5.15. The second kappa shape index (κ2) is 7.15. The molecule has 0 bridgehead atoms. The standard InChI is InChI=1S/C20H21F2N5/c1-13-14(11-24-27(13)16-5-7-26(2)8-6-16)3-4-15-12-23-19-9-17(21)18(22)10-20(19)25-15/h3-4,9-12,16H,5-8H2,1-2H3/b4-3+. The van der Waals surface area contributed by atoms with Gasteiger partial charge >= 0.3 is 0 Å². The van der Waals surface area contributed by atoms with E-state index in [-0.39, 0.29) is 0 Å². The van der Waals surface area contributed by atoms with Gasteiger partial charge in [-0.05, 0) is 52.1 Å². The highest BCUT2D eigenvalue weighted by Gasteiger charge is 2.20. The van der Waals surface area contributed by atoms with Crippen LogP contribution in [-0.2, 0) is 0 Å². The molecule has 3 heterocycles. The van der Waals surface area contributed by atoms with E-state index in [0.29, 0.717) is 22.8 Å². The largest absolute Gasteiger partial charge is 0.306 e. The fraction of sp³-hybridized carbons (Fsp3) is 0.350. The summed E-state index contributed by atoms with van der Waals surface area (Å²) in [4.78, 5) is 10.8. The van der Waals surface area contributed by atoms with E-state index in [1.165, 1.54) is 0 Å². The van der Waals surface area contributed by atoms with Crippen LogP contribution in [0.5, 0.6) is 0 Å². The van der Waals surface area contributed by atoms with Gasteiger partial charge in [-0.1, -0.05) is 0 Å². The number of likely N-dealkylation sites (tertiary alicyclic amines) is 1. The fourth-order valence-electron chi connectivity index (χ4n) is 3.49. The first kappa shape index (κ1) is 17.7. The monoisotopic (exact) mass is 369 g/mol. The van der Waals surface area contributed by atoms with E-state index in [0.717, 1.165) is 49.3 Å². The van der Waals surface area contributed by atoms with Crippen molar-refractivity contribution in [3.05, 3.63) is 53.1 Å². The number of rotatable bonds is 3. The van der Waals surface area contributed by atoms with Crippen LogP contribution in [0.15, 0.2) is 24.5 Å². The third-order valence-electron chi connectivity index (χ3n) is 5.15. The average molecular weight is 369 g/mol. The highest BCUT2D eigenvalue weighted by Crippen LogP contribution is 2.24. The second-order valence-electron chi connectivity index (χ2n) is 7.05. The number of benzene rings is 1. The lowest BCUT2D eigenvalue weighted by molar-refractivity contribution is 0.210. The molecule has 0 radical (unpaired) electrons. The van der Waals surface area contributed by atoms with Gasteiger partial charge < -0.3 is 4.90 Å². The van der Waals surface area contributed by atoms with Gasteiger partial charge in [0, 0.05) is 23.4 Å². The Morgan fingerprint density at radius 1 is 1.04 bits per heavy atom. The van der Waals surface area contributed by atoms with Crippen molar-refractivity contribution in [2.75, 3.05) is 20.1 Å². The van der Waals surface area contributed by atoms with Crippen LogP contribution < -0.4 is 0 Å². The summed E-state index contributed by atoms with van der Waals surface area (Å²) in [5.41, 5.74) is 3.37. The van der Waals surface area contributed by atoms with Gasteiger partial charge in [-0.15, -0.1) is 0 Å². The predicted molar refractivity (Wildman–Crippen MR) is 101 cm³/mol. The van der Waals surface area contributed by atoms with E-state index < -0.39 is 11.6 Å². The predicted octanol–water partition coefficient (Wildman–Crippen LogP) is 3.85. The summed E-state index contributed by atoms with van der Waals surface area (Å²) in [6.45, 7) is 4.23. The zero-order valence-electron chi connectivity index (χ0n) is 15.4. The summed E-state index contributed by atoms with van der Waals surface area (Å²) in [7, 11) is 2.14. The zero-order chi connectivity index (χ0) is 19.0. The van der Waals surface area contributed by atoms with E-state index in [2.05, 4.69) is 38.6 Å². The molecule has 1 aromatic carbocycles. The molecule has 0 spiro atoms. The molecule has 1 fully saturated rings. The maximum absolute atomic E-state index is 13.4. The van der Waals surface area contributed by atoms with Crippen molar-refractivity contribution >= 4 is 23.2 Å². The van der Waals surface area contributed by atoms with E-state index >= 15 is 0 Å². The van der Waals surface area contributed by atoms with Gasteiger partial charge in [0.1, 0.15) is 0 Å². The van der Waals surface area contributed by atoms with E-state index in [1.807, 2.05) is 18.3 Å². The maximum Gasteiger partial charge on any atom is 0.161 e. The molecule has 0 saturated carbocycles. The molecule has 0 amide bonds. The molecule has 1 aliphatic heterocycles. The van der Waals surface area contributed by atoms with Gasteiger partial charge in [0.25, 0.3) is 0 Å². The summed E-state index contributed by atoms with van der Waals surface area (Å²) in [6.07, 6.45) is 9.35. The van der Waals surface area contributed by atoms with Gasteiger partial charge in [0.2, 0.25) is 0 Å². The van der Waals surface area contributed by atoms with Crippen molar-refractivity contribution in [2.24, 2.45) is 0 Å². The number of aromatic nitrogens is 4. The molecule has 1 aliphatic rings. The number of fused-ring (bicyclic) bond motifs is 1. The molecule has 0 aliphatic carbocycles. The van der Waals surface area contributed by atoms with Gasteiger partial charge in [0.15, 0.2) is 11.6 Å². The summed E-state index contributed by atoms with van der Waals surface area (Å²) in [6, 6.07) is 2.56. The topological polar surface area (TPSA) is 46.8 Å². The van der Waals surface area contributed by atoms with Crippen LogP contribution in [0.1, 0.15) is 35.8 Å². The lowest BCUT2D eigenvalue weighted by Gasteiger charge is -2.29. The summed E-state index contributed by atoms with van der Waals surface area (Å²) < 4.78 is 28.8. The fourth-order valence-corrected chi connectivity index (χ4v) is 3.49. The molecule has 0 unspecified atom stereocenters. The normalized spacial score (nSPS) is 16.6. The Morgan fingerprint density at radius 3 is 2.48 bits per heavy atom. The second-order valence-corrected chi connectivity index (χ2v) is 7.05. The van der Waals surface area contributed by atoms with Crippen molar-refractivity contribution < 1.29 is 8.78 Å². The van der Waals surface area contributed by atoms with Gasteiger partial charge in [-0.2, -0.15) is 5.10 Å². The third kappa shape index (κ3) is 3.60. The van der Waals surface area contributed by atoms with Crippen LogP contribution >= 0.6 is 0 Å². The SMILES string of the molecule is Cc1c(/C=C/c2cnc3cc(F)c(F)cc3n2)cnn1C1CCN(C)CC1. The van der Waals surface area contributed by atoms with Gasteiger partial charge in [0.05, 0.1) is 35.2 Å². The van der Waals surface area contributed by atoms with E-state index in [1.54, 1.807) is 6.20 Å². The van der Waals surface area contributed by atoms with Crippen LogP contribution in [0.25, 0.3) is 23.2 Å². The molecule has 4 rings (SSSR count). The summed E-state index contributed by atoms with van der Waals surface area (Å²) in [5.74, 6) is -1.84. The average Bonchev–Trinajstić information content (AvgIpc) is 3.02. The Kier molecular flexibility index (Phi) is 4.70. The number of nitrogens with zero attached hydrogens (tertiary/aromatic N) is 5. The number of piperidine rings is 1. The van der Waals surface area contributed by atoms with Crippen molar-refractivity contribution in [1.29, 1.82) is 0 Å². The lowest BCUT2D eigenvalue weighted by Crippen LogP contribution is -2.32. The maximum atomic E-state index is 13.4. The van der Waals surface area contributed by atoms with Crippen LogP contribution in [0.2, 0.25) is 0 Å². The van der Waals surface area contributed by atoms with E-state index in [9.17, 15) is 8.78 Å². The Morgan fingerprint density at radius 2 is 1.74 bits per heavy atom. The Labute approximate surface area is 156 Å². The zero-order valence-corrected chi connectivity index (χ0v) is 15.4. The van der Waals surface area contributed by atoms with Gasteiger partial charge in [-0.25, -0.2) is 13.8 Å². The number of hydrogen-bond acceptors (Lipinski definition) is 4.